The summed E-state index contributed by atoms with van der Waals surface area (Å²) in [5.41, 5.74) is 1.52. The van der Waals surface area contributed by atoms with Crippen molar-refractivity contribution in [2.75, 3.05) is 16.3 Å². The summed E-state index contributed by atoms with van der Waals surface area (Å²) in [6.45, 7) is -2.89. The van der Waals surface area contributed by atoms with E-state index in [1.54, 1.807) is 12.1 Å². The van der Waals surface area contributed by atoms with Crippen LogP contribution in [0.3, 0.4) is 0 Å². The van der Waals surface area contributed by atoms with Crippen LogP contribution in [-0.4, -0.2) is 27.2 Å². The van der Waals surface area contributed by atoms with E-state index >= 15 is 0 Å². The monoisotopic (exact) mass is 370 g/mol. The molecule has 0 aliphatic carbocycles. The number of hydrogen-bond donors (Lipinski definition) is 2. The van der Waals surface area contributed by atoms with Gasteiger partial charge in [-0.3, -0.25) is 9.52 Å². The van der Waals surface area contributed by atoms with Gasteiger partial charge < -0.3 is 10.1 Å². The number of carbonyl (C=O) groups is 1. The third kappa shape index (κ3) is 6.76. The topological polar surface area (TPSA) is 84.5 Å². The number of carbonyl (C=O) groups excluding carboxylic acids is 1. The molecule has 25 heavy (non-hydrogen) atoms. The molecule has 0 aromatic heterocycles. The molecule has 0 saturated heterocycles. The van der Waals surface area contributed by atoms with Gasteiger partial charge in [0.05, 0.1) is 12.7 Å². The maximum Gasteiger partial charge on any atom is 0.387 e. The van der Waals surface area contributed by atoms with Gasteiger partial charge in [-0.05, 0) is 42.0 Å². The Morgan fingerprint density at radius 3 is 2.12 bits per heavy atom. The lowest BCUT2D eigenvalue weighted by Crippen LogP contribution is -2.14. The average Bonchev–Trinajstić information content (AvgIpc) is 2.49. The van der Waals surface area contributed by atoms with Crippen LogP contribution in [0.5, 0.6) is 5.75 Å². The second-order valence-electron chi connectivity index (χ2n) is 5.20. The number of sulfonamides is 1. The van der Waals surface area contributed by atoms with Crippen LogP contribution in [0.15, 0.2) is 48.5 Å². The summed E-state index contributed by atoms with van der Waals surface area (Å²) in [5, 5.41) is 2.66. The molecule has 0 aliphatic heterocycles. The molecule has 134 valence electrons. The number of nitrogens with one attached hydrogen (secondary N) is 2. The fraction of sp³-hybridized carbons (Fsp3) is 0.188. The normalized spacial score (nSPS) is 11.2. The van der Waals surface area contributed by atoms with Crippen molar-refractivity contribution < 1.29 is 26.7 Å². The first-order valence-electron chi connectivity index (χ1n) is 7.13. The molecule has 2 aromatic rings. The Labute approximate surface area is 143 Å². The lowest BCUT2D eigenvalue weighted by atomic mass is 10.1. The van der Waals surface area contributed by atoms with Crippen molar-refractivity contribution in [2.24, 2.45) is 0 Å². The molecule has 0 aliphatic rings. The van der Waals surface area contributed by atoms with E-state index in [9.17, 15) is 22.0 Å². The minimum atomic E-state index is -3.36. The molecule has 9 heteroatoms. The van der Waals surface area contributed by atoms with Gasteiger partial charge in [-0.2, -0.15) is 8.78 Å². The van der Waals surface area contributed by atoms with Crippen molar-refractivity contribution in [3.8, 4) is 5.75 Å². The Morgan fingerprint density at radius 1 is 1.04 bits per heavy atom. The largest absolute Gasteiger partial charge is 0.435 e. The Balaban J connectivity index is 1.91. The lowest BCUT2D eigenvalue weighted by molar-refractivity contribution is -0.115. The minimum Gasteiger partial charge on any atom is -0.435 e. The number of amides is 1. The highest BCUT2D eigenvalue weighted by molar-refractivity contribution is 7.92. The van der Waals surface area contributed by atoms with Gasteiger partial charge >= 0.3 is 6.61 Å². The van der Waals surface area contributed by atoms with E-state index in [0.717, 1.165) is 6.26 Å². The van der Waals surface area contributed by atoms with Crippen LogP contribution >= 0.6 is 0 Å². The summed E-state index contributed by atoms with van der Waals surface area (Å²) in [6.07, 6.45) is 1.10. The first-order valence-corrected chi connectivity index (χ1v) is 9.02. The van der Waals surface area contributed by atoms with Crippen molar-refractivity contribution in [1.29, 1.82) is 0 Å². The summed E-state index contributed by atoms with van der Waals surface area (Å²) in [4.78, 5) is 12.0. The molecule has 0 unspecified atom stereocenters. The summed E-state index contributed by atoms with van der Waals surface area (Å²) >= 11 is 0. The maximum absolute atomic E-state index is 12.1. The summed E-state index contributed by atoms with van der Waals surface area (Å²) < 4.78 is 52.9. The van der Waals surface area contributed by atoms with Gasteiger partial charge in [0.25, 0.3) is 0 Å². The summed E-state index contributed by atoms with van der Waals surface area (Å²) in [5.74, 6) is -0.278. The molecule has 0 radical (unpaired) electrons. The van der Waals surface area contributed by atoms with E-state index in [4.69, 9.17) is 0 Å². The molecular weight excluding hydrogens is 354 g/mol. The molecule has 1 amide bonds. The Morgan fingerprint density at radius 2 is 1.60 bits per heavy atom. The molecule has 2 N–H and O–H groups in total. The number of anilines is 2. The van der Waals surface area contributed by atoms with Crippen LogP contribution in [0.25, 0.3) is 0 Å². The zero-order valence-corrected chi connectivity index (χ0v) is 14.0. The van der Waals surface area contributed by atoms with Crippen molar-refractivity contribution in [3.63, 3.8) is 0 Å². The van der Waals surface area contributed by atoms with Crippen molar-refractivity contribution >= 4 is 27.3 Å². The summed E-state index contributed by atoms with van der Waals surface area (Å²) in [7, 11) is -3.36. The van der Waals surface area contributed by atoms with Gasteiger partial charge in [-0.15, -0.1) is 0 Å². The Bertz CT molecular complexity index is 822. The fourth-order valence-corrected chi connectivity index (χ4v) is 2.58. The molecule has 6 nitrogen and oxygen atoms in total. The molecule has 2 rings (SSSR count). The molecule has 0 fully saturated rings. The van der Waals surface area contributed by atoms with Crippen LogP contribution < -0.4 is 14.8 Å². The quantitative estimate of drug-likeness (QED) is 0.785. The zero-order chi connectivity index (χ0) is 18.4. The van der Waals surface area contributed by atoms with E-state index in [1.165, 1.54) is 36.4 Å². The van der Waals surface area contributed by atoms with Gasteiger partial charge in [0.15, 0.2) is 0 Å². The number of rotatable bonds is 7. The van der Waals surface area contributed by atoms with E-state index in [-0.39, 0.29) is 18.1 Å². The van der Waals surface area contributed by atoms with Gasteiger partial charge in [0.2, 0.25) is 15.9 Å². The highest BCUT2D eigenvalue weighted by Crippen LogP contribution is 2.17. The Hall–Kier alpha value is -2.68. The number of alkyl halides is 2. The SMILES string of the molecule is CS(=O)(=O)Nc1ccc(NC(=O)Cc2ccc(OC(F)F)cc2)cc1. The zero-order valence-electron chi connectivity index (χ0n) is 13.2. The standard InChI is InChI=1S/C16H16F2N2O4S/c1-25(22,23)20-13-6-4-12(5-7-13)19-15(21)10-11-2-8-14(9-3-11)24-16(17)18/h2-9,16,20H,10H2,1H3,(H,19,21). The molecular formula is C16H16F2N2O4S. The van der Waals surface area contributed by atoms with E-state index in [0.29, 0.717) is 16.9 Å². The predicted octanol–water partition coefficient (Wildman–Crippen LogP) is 2.84. The Kier molecular flexibility index (Phi) is 5.92. The van der Waals surface area contributed by atoms with Gasteiger partial charge in [0, 0.05) is 11.4 Å². The smallest absolute Gasteiger partial charge is 0.387 e. The predicted molar refractivity (Wildman–Crippen MR) is 90.3 cm³/mol. The summed E-state index contributed by atoms with van der Waals surface area (Å²) in [6, 6.07) is 11.9. The molecule has 0 atom stereocenters. The van der Waals surface area contributed by atoms with Crippen LogP contribution in [0.4, 0.5) is 20.2 Å². The molecule has 0 bridgehead atoms. The van der Waals surface area contributed by atoms with E-state index in [1.807, 2.05) is 0 Å². The van der Waals surface area contributed by atoms with E-state index < -0.39 is 16.6 Å². The third-order valence-electron chi connectivity index (χ3n) is 2.99. The highest BCUT2D eigenvalue weighted by atomic mass is 32.2. The number of halogens is 2. The van der Waals surface area contributed by atoms with Crippen molar-refractivity contribution in [2.45, 2.75) is 13.0 Å². The minimum absolute atomic E-state index is 0.0214. The molecule has 0 heterocycles. The third-order valence-corrected chi connectivity index (χ3v) is 3.59. The fourth-order valence-electron chi connectivity index (χ4n) is 2.01. The van der Waals surface area contributed by atoms with Crippen molar-refractivity contribution in [3.05, 3.63) is 54.1 Å². The van der Waals surface area contributed by atoms with Gasteiger partial charge in [0.1, 0.15) is 5.75 Å². The average molecular weight is 370 g/mol. The second-order valence-corrected chi connectivity index (χ2v) is 6.95. The maximum atomic E-state index is 12.1. The molecule has 2 aromatic carbocycles. The second kappa shape index (κ2) is 7.93. The van der Waals surface area contributed by atoms with Crippen LogP contribution in [-0.2, 0) is 21.2 Å². The van der Waals surface area contributed by atoms with Crippen LogP contribution in [0.1, 0.15) is 5.56 Å². The van der Waals surface area contributed by atoms with Crippen molar-refractivity contribution in [1.82, 2.24) is 0 Å². The van der Waals surface area contributed by atoms with Crippen LogP contribution in [0, 0.1) is 0 Å². The first-order chi connectivity index (χ1) is 11.7. The molecule has 0 spiro atoms. The lowest BCUT2D eigenvalue weighted by Gasteiger charge is -2.08. The number of hydrogen-bond acceptors (Lipinski definition) is 4. The van der Waals surface area contributed by atoms with Gasteiger partial charge in [-0.1, -0.05) is 12.1 Å². The molecule has 0 saturated carbocycles. The van der Waals surface area contributed by atoms with Gasteiger partial charge in [-0.25, -0.2) is 8.42 Å². The van der Waals surface area contributed by atoms with Crippen LogP contribution in [0.2, 0.25) is 0 Å². The number of benzene rings is 2. The first kappa shape index (κ1) is 18.7. The highest BCUT2D eigenvalue weighted by Gasteiger charge is 2.07. The van der Waals surface area contributed by atoms with E-state index in [2.05, 4.69) is 14.8 Å². The number of ether oxygens (including phenoxy) is 1.